The van der Waals surface area contributed by atoms with Crippen LogP contribution in [0.1, 0.15) is 16.2 Å². The molecule has 1 aliphatic heterocycles. The quantitative estimate of drug-likeness (QED) is 0.676. The topological polar surface area (TPSA) is 59.2 Å². The van der Waals surface area contributed by atoms with Crippen molar-refractivity contribution in [1.82, 2.24) is 15.0 Å². The Morgan fingerprint density at radius 2 is 1.85 bits per heavy atom. The number of rotatable bonds is 3. The van der Waals surface area contributed by atoms with Crippen LogP contribution in [0.4, 0.5) is 8.78 Å². The molecule has 1 amide bonds. The van der Waals surface area contributed by atoms with E-state index in [2.05, 4.69) is 10.1 Å². The van der Waals surface area contributed by atoms with Gasteiger partial charge in [0, 0.05) is 18.4 Å². The van der Waals surface area contributed by atoms with Crippen LogP contribution in [0.5, 0.6) is 0 Å². The van der Waals surface area contributed by atoms with Gasteiger partial charge >= 0.3 is 0 Å². The van der Waals surface area contributed by atoms with E-state index in [4.69, 9.17) is 4.52 Å². The van der Waals surface area contributed by atoms with Crippen LogP contribution in [0.25, 0.3) is 17.5 Å². The van der Waals surface area contributed by atoms with Crippen LogP contribution in [0.2, 0.25) is 0 Å². The van der Waals surface area contributed by atoms with E-state index in [1.165, 1.54) is 40.9 Å². The summed E-state index contributed by atoms with van der Waals surface area (Å²) in [7, 11) is 0. The number of carbonyl (C=O) groups excluding carboxylic acids is 1. The summed E-state index contributed by atoms with van der Waals surface area (Å²) in [6.45, 7) is 0.442. The number of benzene rings is 2. The maximum Gasteiger partial charge on any atom is 0.261 e. The number of nitrogens with zero attached hydrogens (tertiary/aromatic N) is 3. The minimum absolute atomic E-state index is 0.00322. The predicted molar refractivity (Wildman–Crippen MR) is 97.6 cm³/mol. The summed E-state index contributed by atoms with van der Waals surface area (Å²) in [6.07, 6.45) is 1.55. The molecule has 0 spiro atoms. The smallest absolute Gasteiger partial charge is 0.261 e. The molecule has 0 unspecified atom stereocenters. The predicted octanol–water partition coefficient (Wildman–Crippen LogP) is 4.20. The van der Waals surface area contributed by atoms with Crippen LogP contribution in [0, 0.1) is 11.6 Å². The van der Waals surface area contributed by atoms with Gasteiger partial charge in [-0.05, 0) is 24.3 Å². The molecular weight excluding hydrogens is 372 g/mol. The van der Waals surface area contributed by atoms with E-state index in [1.54, 1.807) is 30.3 Å². The molecule has 2 aromatic carbocycles. The third kappa shape index (κ3) is 3.48. The van der Waals surface area contributed by atoms with Gasteiger partial charge in [0.05, 0.1) is 16.2 Å². The standard InChI is InChI=1S/C19H13F2N3O2S/c20-14-7-3-1-5-12(14)18-22-16(26-23-18)11-17-24(9-10-27-17)19(25)13-6-2-4-8-15(13)21/h1-8,11H,9-10H2/b17-11+. The number of hydrogen-bond acceptors (Lipinski definition) is 5. The molecule has 1 aliphatic rings. The molecule has 0 N–H and O–H groups in total. The Labute approximate surface area is 157 Å². The van der Waals surface area contributed by atoms with Gasteiger partial charge in [-0.1, -0.05) is 29.4 Å². The molecule has 27 heavy (non-hydrogen) atoms. The highest BCUT2D eigenvalue weighted by molar-refractivity contribution is 8.03. The van der Waals surface area contributed by atoms with Crippen molar-refractivity contribution in [2.24, 2.45) is 0 Å². The number of aromatic nitrogens is 2. The van der Waals surface area contributed by atoms with Crippen molar-refractivity contribution in [2.75, 3.05) is 12.3 Å². The van der Waals surface area contributed by atoms with E-state index in [1.807, 2.05) is 0 Å². The highest BCUT2D eigenvalue weighted by Crippen LogP contribution is 2.31. The fraction of sp³-hybridized carbons (Fsp3) is 0.105. The van der Waals surface area contributed by atoms with Crippen molar-refractivity contribution in [3.05, 3.63) is 76.6 Å². The fourth-order valence-corrected chi connectivity index (χ4v) is 3.68. The highest BCUT2D eigenvalue weighted by atomic mass is 32.2. The van der Waals surface area contributed by atoms with Crippen LogP contribution in [0.15, 0.2) is 58.1 Å². The largest absolute Gasteiger partial charge is 0.334 e. The summed E-state index contributed by atoms with van der Waals surface area (Å²) in [5.41, 5.74) is 0.229. The lowest BCUT2D eigenvalue weighted by molar-refractivity contribution is 0.0826. The van der Waals surface area contributed by atoms with E-state index >= 15 is 0 Å². The summed E-state index contributed by atoms with van der Waals surface area (Å²) in [5.74, 6) is -0.528. The van der Waals surface area contributed by atoms with E-state index < -0.39 is 17.5 Å². The molecule has 5 nitrogen and oxygen atoms in total. The molecule has 4 rings (SSSR count). The van der Waals surface area contributed by atoms with Crippen molar-refractivity contribution in [2.45, 2.75) is 0 Å². The fourth-order valence-electron chi connectivity index (χ4n) is 2.68. The zero-order valence-corrected chi connectivity index (χ0v) is 14.7. The average Bonchev–Trinajstić information content (AvgIpc) is 3.32. The Kier molecular flexibility index (Phi) is 4.72. The maximum absolute atomic E-state index is 13.9. The first-order valence-electron chi connectivity index (χ1n) is 8.13. The van der Waals surface area contributed by atoms with Crippen LogP contribution in [0.3, 0.4) is 0 Å². The highest BCUT2D eigenvalue weighted by Gasteiger charge is 2.27. The molecular formula is C19H13F2N3O2S. The van der Waals surface area contributed by atoms with Crippen LogP contribution in [-0.2, 0) is 0 Å². The zero-order valence-electron chi connectivity index (χ0n) is 13.9. The summed E-state index contributed by atoms with van der Waals surface area (Å²) >= 11 is 1.42. The third-order valence-electron chi connectivity index (χ3n) is 3.98. The normalized spacial score (nSPS) is 15.5. The number of amides is 1. The molecule has 0 atom stereocenters. The molecule has 0 aliphatic carbocycles. The molecule has 136 valence electrons. The molecule has 0 bridgehead atoms. The van der Waals surface area contributed by atoms with Gasteiger partial charge in [-0.2, -0.15) is 4.98 Å². The number of carbonyl (C=O) groups is 1. The minimum Gasteiger partial charge on any atom is -0.334 e. The lowest BCUT2D eigenvalue weighted by Crippen LogP contribution is -2.27. The van der Waals surface area contributed by atoms with Crippen molar-refractivity contribution in [3.63, 3.8) is 0 Å². The molecule has 1 saturated heterocycles. The first kappa shape index (κ1) is 17.4. The van der Waals surface area contributed by atoms with Crippen molar-refractivity contribution >= 4 is 23.7 Å². The SMILES string of the molecule is O=C(c1ccccc1F)N1CCS/C1=C/c1nc(-c2ccccc2F)no1. The Balaban J connectivity index is 1.61. The monoisotopic (exact) mass is 385 g/mol. The lowest BCUT2D eigenvalue weighted by Gasteiger charge is -2.16. The third-order valence-corrected chi connectivity index (χ3v) is 5.00. The van der Waals surface area contributed by atoms with Gasteiger partial charge in [0.15, 0.2) is 0 Å². The Bertz CT molecular complexity index is 1040. The van der Waals surface area contributed by atoms with E-state index in [9.17, 15) is 13.6 Å². The minimum atomic E-state index is -0.571. The van der Waals surface area contributed by atoms with Crippen molar-refractivity contribution in [1.29, 1.82) is 0 Å². The van der Waals surface area contributed by atoms with Crippen LogP contribution < -0.4 is 0 Å². The zero-order chi connectivity index (χ0) is 18.8. The summed E-state index contributed by atoms with van der Waals surface area (Å²) in [4.78, 5) is 18.3. The van der Waals surface area contributed by atoms with Gasteiger partial charge in [0.25, 0.3) is 11.8 Å². The first-order valence-corrected chi connectivity index (χ1v) is 9.11. The van der Waals surface area contributed by atoms with Crippen molar-refractivity contribution < 1.29 is 18.1 Å². The second-order valence-electron chi connectivity index (χ2n) is 5.70. The summed E-state index contributed by atoms with van der Waals surface area (Å²) < 4.78 is 32.9. The lowest BCUT2D eigenvalue weighted by atomic mass is 10.2. The van der Waals surface area contributed by atoms with Gasteiger partial charge in [0.2, 0.25) is 5.82 Å². The average molecular weight is 385 g/mol. The molecule has 0 radical (unpaired) electrons. The number of halogens is 2. The summed E-state index contributed by atoms with van der Waals surface area (Å²) in [5, 5.41) is 4.36. The Morgan fingerprint density at radius 1 is 1.11 bits per heavy atom. The van der Waals surface area contributed by atoms with E-state index in [-0.39, 0.29) is 22.8 Å². The van der Waals surface area contributed by atoms with Crippen LogP contribution >= 0.6 is 11.8 Å². The Morgan fingerprint density at radius 3 is 2.63 bits per heavy atom. The van der Waals surface area contributed by atoms with Gasteiger partial charge < -0.3 is 9.42 Å². The second-order valence-corrected chi connectivity index (χ2v) is 6.82. The summed E-state index contributed by atoms with van der Waals surface area (Å²) in [6, 6.07) is 11.9. The van der Waals surface area contributed by atoms with E-state index in [0.29, 0.717) is 17.3 Å². The van der Waals surface area contributed by atoms with E-state index in [0.717, 1.165) is 0 Å². The van der Waals surface area contributed by atoms with Gasteiger partial charge in [-0.3, -0.25) is 4.79 Å². The molecule has 3 aromatic rings. The van der Waals surface area contributed by atoms with Gasteiger partial charge in [0.1, 0.15) is 11.6 Å². The maximum atomic E-state index is 13.9. The molecule has 1 fully saturated rings. The van der Waals surface area contributed by atoms with Gasteiger partial charge in [-0.25, -0.2) is 8.78 Å². The number of hydrogen-bond donors (Lipinski definition) is 0. The second kappa shape index (κ2) is 7.32. The molecule has 2 heterocycles. The molecule has 1 aromatic heterocycles. The first-order chi connectivity index (χ1) is 13.1. The molecule has 8 heteroatoms. The van der Waals surface area contributed by atoms with Gasteiger partial charge in [-0.15, -0.1) is 11.8 Å². The number of thioether (sulfide) groups is 1. The Hall–Kier alpha value is -3.00. The van der Waals surface area contributed by atoms with Crippen molar-refractivity contribution in [3.8, 4) is 11.4 Å². The van der Waals surface area contributed by atoms with Crippen LogP contribution in [-0.4, -0.2) is 33.2 Å². The molecule has 0 saturated carbocycles.